The van der Waals surface area contributed by atoms with Crippen LogP contribution in [0.3, 0.4) is 0 Å². The van der Waals surface area contributed by atoms with E-state index in [9.17, 15) is 26.4 Å². The molecule has 33 heavy (non-hydrogen) atoms. The van der Waals surface area contributed by atoms with Crippen LogP contribution in [0.1, 0.15) is 12.0 Å². The molecule has 0 unspecified atom stereocenters. The maximum absolute atomic E-state index is 13.2. The first-order valence-electron chi connectivity index (χ1n) is 10.7. The lowest BCUT2D eigenvalue weighted by Crippen LogP contribution is -2.52. The SMILES string of the molecule is O=C(CN1CCN(c2ccc(C(F)(F)F)cn2)CC1)N(c1ccccc1)[C@@H]1CCS(=O)(=O)C1. The van der Waals surface area contributed by atoms with Gasteiger partial charge in [-0.15, -0.1) is 0 Å². The molecule has 2 fully saturated rings. The number of halogens is 3. The van der Waals surface area contributed by atoms with E-state index < -0.39 is 21.6 Å². The van der Waals surface area contributed by atoms with Gasteiger partial charge >= 0.3 is 6.18 Å². The molecule has 1 aromatic heterocycles. The average molecular weight is 483 g/mol. The first-order valence-corrected chi connectivity index (χ1v) is 12.5. The molecule has 0 aliphatic carbocycles. The molecule has 0 bridgehead atoms. The third kappa shape index (κ3) is 5.64. The van der Waals surface area contributed by atoms with Gasteiger partial charge in [0, 0.05) is 38.1 Å². The van der Waals surface area contributed by atoms with Gasteiger partial charge in [0.05, 0.1) is 29.7 Å². The van der Waals surface area contributed by atoms with Gasteiger partial charge in [-0.2, -0.15) is 13.2 Å². The Balaban J connectivity index is 1.39. The van der Waals surface area contributed by atoms with Crippen LogP contribution in [0.25, 0.3) is 0 Å². The van der Waals surface area contributed by atoms with Gasteiger partial charge in [-0.1, -0.05) is 18.2 Å². The van der Waals surface area contributed by atoms with Crippen LogP contribution in [-0.4, -0.2) is 74.5 Å². The zero-order valence-corrected chi connectivity index (χ0v) is 18.7. The van der Waals surface area contributed by atoms with Crippen molar-refractivity contribution in [3.63, 3.8) is 0 Å². The summed E-state index contributed by atoms with van der Waals surface area (Å²) < 4.78 is 62.3. The lowest BCUT2D eigenvalue weighted by Gasteiger charge is -2.37. The van der Waals surface area contributed by atoms with Crippen molar-refractivity contribution in [3.05, 3.63) is 54.2 Å². The molecule has 4 rings (SSSR count). The van der Waals surface area contributed by atoms with Gasteiger partial charge in [-0.05, 0) is 30.7 Å². The fraction of sp³-hybridized carbons (Fsp3) is 0.455. The van der Waals surface area contributed by atoms with E-state index in [0.29, 0.717) is 44.1 Å². The van der Waals surface area contributed by atoms with Crippen LogP contribution in [0.2, 0.25) is 0 Å². The highest BCUT2D eigenvalue weighted by molar-refractivity contribution is 7.91. The summed E-state index contributed by atoms with van der Waals surface area (Å²) in [5, 5.41) is 0. The second kappa shape index (κ2) is 9.30. The van der Waals surface area contributed by atoms with Crippen LogP contribution in [0.15, 0.2) is 48.7 Å². The number of benzene rings is 1. The van der Waals surface area contributed by atoms with Gasteiger partial charge in [-0.25, -0.2) is 13.4 Å². The van der Waals surface area contributed by atoms with E-state index in [2.05, 4.69) is 4.98 Å². The maximum atomic E-state index is 13.2. The minimum atomic E-state index is -4.42. The van der Waals surface area contributed by atoms with Crippen molar-refractivity contribution in [2.24, 2.45) is 0 Å². The molecule has 2 aliphatic rings. The van der Waals surface area contributed by atoms with Crippen LogP contribution >= 0.6 is 0 Å². The Hall–Kier alpha value is -2.66. The minimum absolute atomic E-state index is 0.0407. The summed E-state index contributed by atoms with van der Waals surface area (Å²) in [5.74, 6) is 0.342. The molecule has 2 aromatic rings. The molecule has 0 radical (unpaired) electrons. The first-order chi connectivity index (χ1) is 15.6. The van der Waals surface area contributed by atoms with Gasteiger partial charge in [0.2, 0.25) is 5.91 Å². The van der Waals surface area contributed by atoms with Gasteiger partial charge in [-0.3, -0.25) is 9.69 Å². The summed E-state index contributed by atoms with van der Waals surface area (Å²) in [6.07, 6.45) is -3.18. The monoisotopic (exact) mass is 482 g/mol. The predicted octanol–water partition coefficient (Wildman–Crippen LogP) is 2.44. The molecule has 1 amide bonds. The highest BCUT2D eigenvalue weighted by Crippen LogP contribution is 2.29. The smallest absolute Gasteiger partial charge is 0.354 e. The largest absolute Gasteiger partial charge is 0.417 e. The Morgan fingerprint density at radius 3 is 2.30 bits per heavy atom. The van der Waals surface area contributed by atoms with Crippen LogP contribution in [0.4, 0.5) is 24.7 Å². The summed E-state index contributed by atoms with van der Waals surface area (Å²) in [6, 6.07) is 11.1. The number of nitrogens with zero attached hydrogens (tertiary/aromatic N) is 4. The van der Waals surface area contributed by atoms with Gasteiger partial charge in [0.15, 0.2) is 9.84 Å². The topological polar surface area (TPSA) is 73.8 Å². The molecule has 2 saturated heterocycles. The van der Waals surface area contributed by atoms with Crippen LogP contribution in [0.5, 0.6) is 0 Å². The molecule has 1 atom stereocenters. The highest BCUT2D eigenvalue weighted by Gasteiger charge is 2.36. The predicted molar refractivity (Wildman–Crippen MR) is 119 cm³/mol. The van der Waals surface area contributed by atoms with Crippen molar-refractivity contribution in [1.82, 2.24) is 9.88 Å². The summed E-state index contributed by atoms with van der Waals surface area (Å²) in [7, 11) is -3.16. The molecule has 178 valence electrons. The zero-order valence-electron chi connectivity index (χ0n) is 17.9. The highest BCUT2D eigenvalue weighted by atomic mass is 32.2. The van der Waals surface area contributed by atoms with E-state index in [4.69, 9.17) is 0 Å². The number of aromatic nitrogens is 1. The molecular formula is C22H25F3N4O3S. The Kier molecular flexibility index (Phi) is 6.62. The van der Waals surface area contributed by atoms with E-state index >= 15 is 0 Å². The Labute approximate surface area is 190 Å². The van der Waals surface area contributed by atoms with E-state index in [1.807, 2.05) is 28.0 Å². The summed E-state index contributed by atoms with van der Waals surface area (Å²) in [5.41, 5.74) is -0.109. The number of carbonyl (C=O) groups excluding carboxylic acids is 1. The molecule has 1 aromatic carbocycles. The lowest BCUT2D eigenvalue weighted by atomic mass is 10.1. The zero-order chi connectivity index (χ0) is 23.6. The Bertz CT molecular complexity index is 1070. The number of hydrogen-bond acceptors (Lipinski definition) is 6. The number of hydrogen-bond donors (Lipinski definition) is 0. The first kappa shape index (κ1) is 23.5. The average Bonchev–Trinajstić information content (AvgIpc) is 3.14. The standard InChI is InChI=1S/C22H25F3N4O3S/c23-22(24,25)17-6-7-20(26-14-17)28-11-9-27(10-12-28)15-21(30)29(18-4-2-1-3-5-18)19-8-13-33(31,32)16-19/h1-7,14,19H,8-13,15-16H2/t19-/m1/s1. The van der Waals surface area contributed by atoms with Crippen molar-refractivity contribution in [2.45, 2.75) is 18.6 Å². The number of sulfone groups is 1. The molecule has 0 N–H and O–H groups in total. The fourth-order valence-electron chi connectivity index (χ4n) is 4.27. The number of rotatable bonds is 5. The molecule has 0 spiro atoms. The molecule has 2 aliphatic heterocycles. The third-order valence-corrected chi connectivity index (χ3v) is 7.76. The number of pyridine rings is 1. The van der Waals surface area contributed by atoms with E-state index in [1.54, 1.807) is 17.0 Å². The summed E-state index contributed by atoms with van der Waals surface area (Å²) >= 11 is 0. The molecule has 3 heterocycles. The number of piperazine rings is 1. The second-order valence-corrected chi connectivity index (χ2v) is 10.6. The molecule has 0 saturated carbocycles. The van der Waals surface area contributed by atoms with Crippen LogP contribution in [0, 0.1) is 0 Å². The number of anilines is 2. The van der Waals surface area contributed by atoms with Gasteiger partial charge < -0.3 is 9.80 Å². The van der Waals surface area contributed by atoms with Crippen molar-refractivity contribution in [3.8, 4) is 0 Å². The van der Waals surface area contributed by atoms with Crippen LogP contribution < -0.4 is 9.80 Å². The number of carbonyl (C=O) groups is 1. The van der Waals surface area contributed by atoms with Crippen molar-refractivity contribution in [1.29, 1.82) is 0 Å². The molecule has 7 nitrogen and oxygen atoms in total. The number of alkyl halides is 3. The molecular weight excluding hydrogens is 457 g/mol. The van der Waals surface area contributed by atoms with Crippen molar-refractivity contribution >= 4 is 27.2 Å². The third-order valence-electron chi connectivity index (χ3n) is 6.01. The maximum Gasteiger partial charge on any atom is 0.417 e. The normalized spacial score (nSPS) is 21.2. The number of amides is 1. The van der Waals surface area contributed by atoms with E-state index in [0.717, 1.165) is 12.3 Å². The van der Waals surface area contributed by atoms with Crippen molar-refractivity contribution < 1.29 is 26.4 Å². The van der Waals surface area contributed by atoms with E-state index in [1.165, 1.54) is 6.07 Å². The second-order valence-electron chi connectivity index (χ2n) is 8.32. The summed E-state index contributed by atoms with van der Waals surface area (Å²) in [6.45, 7) is 2.27. The van der Waals surface area contributed by atoms with Gasteiger partial charge in [0.25, 0.3) is 0 Å². The lowest BCUT2D eigenvalue weighted by molar-refractivity contribution is -0.137. The Morgan fingerprint density at radius 1 is 1.06 bits per heavy atom. The van der Waals surface area contributed by atoms with E-state index in [-0.39, 0.29) is 30.0 Å². The minimum Gasteiger partial charge on any atom is -0.354 e. The van der Waals surface area contributed by atoms with Crippen LogP contribution in [-0.2, 0) is 20.8 Å². The number of para-hydroxylation sites is 1. The molecule has 11 heteroatoms. The van der Waals surface area contributed by atoms with Gasteiger partial charge in [0.1, 0.15) is 5.82 Å². The quantitative estimate of drug-likeness (QED) is 0.652. The fourth-order valence-corrected chi connectivity index (χ4v) is 5.97. The summed E-state index contributed by atoms with van der Waals surface area (Å²) in [4.78, 5) is 22.7. The Morgan fingerprint density at radius 2 is 1.76 bits per heavy atom. The van der Waals surface area contributed by atoms with Crippen molar-refractivity contribution in [2.75, 3.05) is 54.0 Å².